The molecule has 2 aromatic rings. The Morgan fingerprint density at radius 1 is 1.00 bits per heavy atom. The van der Waals surface area contributed by atoms with Crippen LogP contribution >= 0.6 is 0 Å². The molecule has 0 aliphatic carbocycles. The average molecular weight is 407 g/mol. The van der Waals surface area contributed by atoms with Crippen LogP contribution in [0.15, 0.2) is 48.2 Å². The van der Waals surface area contributed by atoms with Crippen molar-refractivity contribution < 1.29 is 14.0 Å². The van der Waals surface area contributed by atoms with Crippen molar-refractivity contribution in [1.29, 1.82) is 0 Å². The van der Waals surface area contributed by atoms with Crippen LogP contribution in [-0.2, 0) is 16.1 Å². The summed E-state index contributed by atoms with van der Waals surface area (Å²) in [6.07, 6.45) is 2.13. The summed E-state index contributed by atoms with van der Waals surface area (Å²) in [4.78, 5) is 30.3. The van der Waals surface area contributed by atoms with E-state index in [0.717, 1.165) is 48.2 Å². The van der Waals surface area contributed by atoms with Crippen molar-refractivity contribution in [2.24, 2.45) is 5.92 Å². The summed E-state index contributed by atoms with van der Waals surface area (Å²) in [6.45, 7) is 7.91. The first kappa shape index (κ1) is 20.3. The standard InChI is InChI=1S/C25H27FN2O2/c1-16-5-4-12-27(14-16)23-22(20-9-6-17(2)18(3)13-20)24(29)28(25(23)30)15-19-7-10-21(26)11-8-19/h6-11,13,16H,4-5,12,14-15H2,1-3H3. The fourth-order valence-corrected chi connectivity index (χ4v) is 4.32. The third kappa shape index (κ3) is 3.76. The van der Waals surface area contributed by atoms with Gasteiger partial charge in [-0.2, -0.15) is 0 Å². The van der Waals surface area contributed by atoms with Crippen molar-refractivity contribution in [3.63, 3.8) is 0 Å². The van der Waals surface area contributed by atoms with Crippen LogP contribution in [0.5, 0.6) is 0 Å². The molecule has 0 radical (unpaired) electrons. The topological polar surface area (TPSA) is 40.6 Å². The van der Waals surface area contributed by atoms with Gasteiger partial charge in [-0.05, 0) is 67.0 Å². The van der Waals surface area contributed by atoms with Crippen LogP contribution < -0.4 is 0 Å². The Balaban J connectivity index is 1.75. The first-order chi connectivity index (χ1) is 14.3. The van der Waals surface area contributed by atoms with Gasteiger partial charge in [-0.1, -0.05) is 37.3 Å². The first-order valence-corrected chi connectivity index (χ1v) is 10.5. The number of halogens is 1. The predicted octanol–water partition coefficient (Wildman–Crippen LogP) is 4.45. The molecule has 0 aromatic heterocycles. The molecular weight excluding hydrogens is 379 g/mol. The van der Waals surface area contributed by atoms with Gasteiger partial charge in [-0.15, -0.1) is 0 Å². The van der Waals surface area contributed by atoms with Crippen LogP contribution in [0.2, 0.25) is 0 Å². The fourth-order valence-electron chi connectivity index (χ4n) is 4.32. The normalized spacial score (nSPS) is 19.8. The molecule has 2 aliphatic heterocycles. The summed E-state index contributed by atoms with van der Waals surface area (Å²) >= 11 is 0. The molecule has 0 N–H and O–H groups in total. The van der Waals surface area contributed by atoms with Gasteiger partial charge < -0.3 is 4.90 Å². The molecule has 4 nitrogen and oxygen atoms in total. The van der Waals surface area contributed by atoms with Crippen molar-refractivity contribution in [1.82, 2.24) is 9.80 Å². The van der Waals surface area contributed by atoms with Crippen LogP contribution in [0.4, 0.5) is 4.39 Å². The number of rotatable bonds is 4. The zero-order valence-electron chi connectivity index (χ0n) is 17.7. The summed E-state index contributed by atoms with van der Waals surface area (Å²) in [7, 11) is 0. The van der Waals surface area contributed by atoms with Crippen molar-refractivity contribution in [2.45, 2.75) is 40.2 Å². The Bertz CT molecular complexity index is 1030. The van der Waals surface area contributed by atoms with Gasteiger partial charge in [0.2, 0.25) is 0 Å². The van der Waals surface area contributed by atoms with E-state index in [0.29, 0.717) is 17.2 Å². The third-order valence-corrected chi connectivity index (χ3v) is 6.17. The number of amides is 2. The molecule has 5 heteroatoms. The first-order valence-electron chi connectivity index (χ1n) is 10.5. The van der Waals surface area contributed by atoms with Gasteiger partial charge in [0, 0.05) is 13.1 Å². The summed E-state index contributed by atoms with van der Waals surface area (Å²) < 4.78 is 13.3. The molecule has 2 aromatic carbocycles. The van der Waals surface area contributed by atoms with E-state index in [1.807, 2.05) is 32.0 Å². The number of carbonyl (C=O) groups is 2. The van der Waals surface area contributed by atoms with Gasteiger partial charge in [-0.25, -0.2) is 4.39 Å². The largest absolute Gasteiger partial charge is 0.366 e. The summed E-state index contributed by atoms with van der Waals surface area (Å²) in [5, 5.41) is 0. The highest BCUT2D eigenvalue weighted by atomic mass is 19.1. The maximum absolute atomic E-state index is 13.5. The number of hydrogen-bond donors (Lipinski definition) is 0. The molecule has 4 rings (SSSR count). The minimum atomic E-state index is -0.338. The van der Waals surface area contributed by atoms with Crippen molar-refractivity contribution in [2.75, 3.05) is 13.1 Å². The molecule has 1 fully saturated rings. The lowest BCUT2D eigenvalue weighted by Crippen LogP contribution is -2.39. The molecular formula is C25H27FN2O2. The van der Waals surface area contributed by atoms with E-state index in [1.54, 1.807) is 12.1 Å². The highest BCUT2D eigenvalue weighted by Gasteiger charge is 2.42. The van der Waals surface area contributed by atoms with Crippen molar-refractivity contribution in [3.05, 3.63) is 76.2 Å². The minimum Gasteiger partial charge on any atom is -0.366 e. The van der Waals surface area contributed by atoms with E-state index >= 15 is 0 Å². The highest BCUT2D eigenvalue weighted by molar-refractivity contribution is 6.35. The number of hydrogen-bond acceptors (Lipinski definition) is 3. The fraction of sp³-hybridized carbons (Fsp3) is 0.360. The minimum absolute atomic E-state index is 0.138. The quantitative estimate of drug-likeness (QED) is 0.704. The number of imide groups is 1. The molecule has 0 bridgehead atoms. The third-order valence-electron chi connectivity index (χ3n) is 6.17. The summed E-state index contributed by atoms with van der Waals surface area (Å²) in [6, 6.07) is 11.9. The Morgan fingerprint density at radius 3 is 2.40 bits per heavy atom. The van der Waals surface area contributed by atoms with Crippen molar-refractivity contribution in [3.8, 4) is 0 Å². The smallest absolute Gasteiger partial charge is 0.278 e. The SMILES string of the molecule is Cc1ccc(C2=C(N3CCCC(C)C3)C(=O)N(Cc3ccc(F)cc3)C2=O)cc1C. The van der Waals surface area contributed by atoms with Crippen molar-refractivity contribution >= 4 is 17.4 Å². The molecule has 2 aliphatic rings. The summed E-state index contributed by atoms with van der Waals surface area (Å²) in [5.41, 5.74) is 4.74. The van der Waals surface area contributed by atoms with Crippen LogP contribution in [0, 0.1) is 25.6 Å². The van der Waals surface area contributed by atoms with Crippen LogP contribution in [0.1, 0.15) is 42.0 Å². The molecule has 2 amide bonds. The molecule has 30 heavy (non-hydrogen) atoms. The van der Waals surface area contributed by atoms with E-state index in [9.17, 15) is 14.0 Å². The molecule has 1 unspecified atom stereocenters. The highest BCUT2D eigenvalue weighted by Crippen LogP contribution is 2.35. The Kier molecular flexibility index (Phi) is 5.46. The van der Waals surface area contributed by atoms with Gasteiger partial charge in [0.15, 0.2) is 0 Å². The van der Waals surface area contributed by atoms with E-state index in [1.165, 1.54) is 17.0 Å². The van der Waals surface area contributed by atoms with E-state index in [-0.39, 0.29) is 24.2 Å². The molecule has 1 saturated heterocycles. The molecule has 1 atom stereocenters. The van der Waals surface area contributed by atoms with Gasteiger partial charge >= 0.3 is 0 Å². The number of carbonyl (C=O) groups excluding carboxylic acids is 2. The second-order valence-electron chi connectivity index (χ2n) is 8.54. The zero-order chi connectivity index (χ0) is 21.4. The molecule has 156 valence electrons. The van der Waals surface area contributed by atoms with E-state index in [2.05, 4.69) is 11.8 Å². The van der Waals surface area contributed by atoms with E-state index in [4.69, 9.17) is 0 Å². The van der Waals surface area contributed by atoms with Gasteiger partial charge in [-0.3, -0.25) is 14.5 Å². The Morgan fingerprint density at radius 2 is 1.73 bits per heavy atom. The van der Waals surface area contributed by atoms with Gasteiger partial charge in [0.25, 0.3) is 11.8 Å². The predicted molar refractivity (Wildman–Crippen MR) is 115 cm³/mol. The Labute approximate surface area is 177 Å². The molecule has 2 heterocycles. The lowest BCUT2D eigenvalue weighted by atomic mass is 9.96. The lowest BCUT2D eigenvalue weighted by molar-refractivity contribution is -0.138. The zero-order valence-corrected chi connectivity index (χ0v) is 17.7. The average Bonchev–Trinajstić information content (AvgIpc) is 2.96. The van der Waals surface area contributed by atoms with E-state index < -0.39 is 0 Å². The number of piperidine rings is 1. The number of aryl methyl sites for hydroxylation is 2. The maximum Gasteiger partial charge on any atom is 0.278 e. The van der Waals surface area contributed by atoms with Crippen LogP contribution in [0.25, 0.3) is 5.57 Å². The number of nitrogens with zero attached hydrogens (tertiary/aromatic N) is 2. The second kappa shape index (κ2) is 8.05. The number of likely N-dealkylation sites (tertiary alicyclic amines) is 1. The molecule has 0 spiro atoms. The number of benzene rings is 2. The van der Waals surface area contributed by atoms with Crippen LogP contribution in [0.3, 0.4) is 0 Å². The Hall–Kier alpha value is -2.95. The lowest BCUT2D eigenvalue weighted by Gasteiger charge is -2.33. The monoisotopic (exact) mass is 406 g/mol. The van der Waals surface area contributed by atoms with Crippen LogP contribution in [-0.4, -0.2) is 34.7 Å². The maximum atomic E-state index is 13.5. The second-order valence-corrected chi connectivity index (χ2v) is 8.54. The van der Waals surface area contributed by atoms with Gasteiger partial charge in [0.05, 0.1) is 12.1 Å². The summed E-state index contributed by atoms with van der Waals surface area (Å²) in [5.74, 6) is -0.400. The van der Waals surface area contributed by atoms with Gasteiger partial charge in [0.1, 0.15) is 11.5 Å². The molecule has 0 saturated carbocycles.